The standard InChI is InChI=1S/C18H20ClNO/c1-3-14-7-9-15(10-8-14)11-12-18(21)20-17-6-4-5-16(19)13(17)2/h4-10H,3,11-12H2,1-2H3,(H,20,21). The number of amides is 1. The number of halogens is 1. The average Bonchev–Trinajstić information content (AvgIpc) is 2.50. The molecule has 0 aliphatic carbocycles. The maximum absolute atomic E-state index is 12.0. The lowest BCUT2D eigenvalue weighted by molar-refractivity contribution is -0.116. The molecule has 21 heavy (non-hydrogen) atoms. The molecule has 0 spiro atoms. The van der Waals surface area contributed by atoms with Gasteiger partial charge in [-0.1, -0.05) is 48.9 Å². The highest BCUT2D eigenvalue weighted by Crippen LogP contribution is 2.23. The number of hydrogen-bond acceptors (Lipinski definition) is 1. The van der Waals surface area contributed by atoms with E-state index in [1.807, 2.05) is 25.1 Å². The van der Waals surface area contributed by atoms with Crippen LogP contribution in [0.2, 0.25) is 5.02 Å². The fourth-order valence-corrected chi connectivity index (χ4v) is 2.33. The van der Waals surface area contributed by atoms with Crippen molar-refractivity contribution >= 4 is 23.2 Å². The Bertz CT molecular complexity index is 620. The van der Waals surface area contributed by atoms with E-state index in [0.717, 1.165) is 24.1 Å². The van der Waals surface area contributed by atoms with Gasteiger partial charge in [0.1, 0.15) is 0 Å². The van der Waals surface area contributed by atoms with Crippen LogP contribution in [0.4, 0.5) is 5.69 Å². The van der Waals surface area contributed by atoms with E-state index < -0.39 is 0 Å². The summed E-state index contributed by atoms with van der Waals surface area (Å²) in [6.07, 6.45) is 2.25. The maximum atomic E-state index is 12.0. The van der Waals surface area contributed by atoms with Gasteiger partial charge in [-0.15, -0.1) is 0 Å². The van der Waals surface area contributed by atoms with Gasteiger partial charge in [0.25, 0.3) is 0 Å². The molecule has 0 bridgehead atoms. The van der Waals surface area contributed by atoms with Gasteiger partial charge < -0.3 is 5.32 Å². The Morgan fingerprint density at radius 1 is 1.10 bits per heavy atom. The van der Waals surface area contributed by atoms with Crippen molar-refractivity contribution in [2.45, 2.75) is 33.1 Å². The first kappa shape index (κ1) is 15.6. The highest BCUT2D eigenvalue weighted by molar-refractivity contribution is 6.31. The molecular weight excluding hydrogens is 282 g/mol. The monoisotopic (exact) mass is 301 g/mol. The molecule has 0 aliphatic rings. The minimum atomic E-state index is 0.0138. The first-order chi connectivity index (χ1) is 10.1. The molecule has 0 unspecified atom stereocenters. The molecule has 0 atom stereocenters. The molecule has 2 aromatic carbocycles. The van der Waals surface area contributed by atoms with Crippen LogP contribution < -0.4 is 5.32 Å². The first-order valence-corrected chi connectivity index (χ1v) is 7.60. The number of hydrogen-bond donors (Lipinski definition) is 1. The third-order valence-corrected chi connectivity index (χ3v) is 4.02. The van der Waals surface area contributed by atoms with E-state index in [4.69, 9.17) is 11.6 Å². The van der Waals surface area contributed by atoms with Crippen molar-refractivity contribution in [2.24, 2.45) is 0 Å². The van der Waals surface area contributed by atoms with Crippen LogP contribution in [-0.2, 0) is 17.6 Å². The lowest BCUT2D eigenvalue weighted by Gasteiger charge is -2.09. The topological polar surface area (TPSA) is 29.1 Å². The van der Waals surface area contributed by atoms with Gasteiger partial charge in [-0.25, -0.2) is 0 Å². The van der Waals surface area contributed by atoms with E-state index in [9.17, 15) is 4.79 Å². The van der Waals surface area contributed by atoms with Gasteiger partial charge >= 0.3 is 0 Å². The van der Waals surface area contributed by atoms with Gasteiger partial charge in [-0.3, -0.25) is 4.79 Å². The van der Waals surface area contributed by atoms with E-state index in [2.05, 4.69) is 36.5 Å². The number of aryl methyl sites for hydroxylation is 2. The van der Waals surface area contributed by atoms with Crippen molar-refractivity contribution in [1.82, 2.24) is 0 Å². The van der Waals surface area contributed by atoms with Gasteiger partial charge in [0.15, 0.2) is 0 Å². The van der Waals surface area contributed by atoms with Crippen LogP contribution in [0.15, 0.2) is 42.5 Å². The fourth-order valence-electron chi connectivity index (χ4n) is 2.16. The van der Waals surface area contributed by atoms with Gasteiger partial charge in [0.2, 0.25) is 5.91 Å². The van der Waals surface area contributed by atoms with Crippen LogP contribution in [0.1, 0.15) is 30.0 Å². The van der Waals surface area contributed by atoms with Crippen LogP contribution in [0.3, 0.4) is 0 Å². The predicted molar refractivity (Wildman–Crippen MR) is 89.0 cm³/mol. The fraction of sp³-hybridized carbons (Fsp3) is 0.278. The van der Waals surface area contributed by atoms with E-state index in [1.54, 1.807) is 0 Å². The molecule has 0 saturated carbocycles. The molecule has 0 heterocycles. The number of anilines is 1. The lowest BCUT2D eigenvalue weighted by atomic mass is 10.1. The Kier molecular flexibility index (Phi) is 5.40. The summed E-state index contributed by atoms with van der Waals surface area (Å²) in [4.78, 5) is 12.0. The quantitative estimate of drug-likeness (QED) is 0.846. The van der Waals surface area contributed by atoms with E-state index in [-0.39, 0.29) is 5.91 Å². The van der Waals surface area contributed by atoms with Crippen LogP contribution in [-0.4, -0.2) is 5.91 Å². The first-order valence-electron chi connectivity index (χ1n) is 7.23. The smallest absolute Gasteiger partial charge is 0.224 e. The molecule has 3 heteroatoms. The summed E-state index contributed by atoms with van der Waals surface area (Å²) in [6.45, 7) is 4.04. The van der Waals surface area contributed by atoms with Crippen LogP contribution in [0, 0.1) is 6.92 Å². The lowest BCUT2D eigenvalue weighted by Crippen LogP contribution is -2.13. The van der Waals surface area contributed by atoms with Crippen LogP contribution >= 0.6 is 11.6 Å². The Balaban J connectivity index is 1.91. The van der Waals surface area contributed by atoms with Gasteiger partial charge in [-0.05, 0) is 48.6 Å². The summed E-state index contributed by atoms with van der Waals surface area (Å²) < 4.78 is 0. The van der Waals surface area contributed by atoms with Crippen molar-refractivity contribution in [3.63, 3.8) is 0 Å². The normalized spacial score (nSPS) is 10.4. The maximum Gasteiger partial charge on any atom is 0.224 e. The number of nitrogens with one attached hydrogen (secondary N) is 1. The summed E-state index contributed by atoms with van der Waals surface area (Å²) in [5.41, 5.74) is 4.19. The second-order valence-electron chi connectivity index (χ2n) is 5.13. The molecule has 2 aromatic rings. The number of benzene rings is 2. The van der Waals surface area contributed by atoms with Gasteiger partial charge in [0, 0.05) is 17.1 Å². The molecule has 2 nitrogen and oxygen atoms in total. The number of rotatable bonds is 5. The second kappa shape index (κ2) is 7.28. The molecule has 1 amide bonds. The summed E-state index contributed by atoms with van der Waals surface area (Å²) in [5.74, 6) is 0.0138. The summed E-state index contributed by atoms with van der Waals surface area (Å²) >= 11 is 6.05. The molecule has 0 fully saturated rings. The summed E-state index contributed by atoms with van der Waals surface area (Å²) in [6, 6.07) is 14.0. The zero-order valence-electron chi connectivity index (χ0n) is 12.4. The molecule has 0 aliphatic heterocycles. The molecule has 0 radical (unpaired) electrons. The van der Waals surface area contributed by atoms with E-state index in [0.29, 0.717) is 11.4 Å². The highest BCUT2D eigenvalue weighted by atomic mass is 35.5. The van der Waals surface area contributed by atoms with Crippen LogP contribution in [0.5, 0.6) is 0 Å². The van der Waals surface area contributed by atoms with Crippen molar-refractivity contribution in [3.8, 4) is 0 Å². The predicted octanol–water partition coefficient (Wildman–Crippen LogP) is 4.78. The van der Waals surface area contributed by atoms with Crippen LogP contribution in [0.25, 0.3) is 0 Å². The third kappa shape index (κ3) is 4.33. The Morgan fingerprint density at radius 2 is 1.76 bits per heavy atom. The molecule has 110 valence electrons. The largest absolute Gasteiger partial charge is 0.326 e. The van der Waals surface area contributed by atoms with Gasteiger partial charge in [0.05, 0.1) is 0 Å². The van der Waals surface area contributed by atoms with Crippen molar-refractivity contribution in [3.05, 3.63) is 64.2 Å². The highest BCUT2D eigenvalue weighted by Gasteiger charge is 2.07. The average molecular weight is 302 g/mol. The van der Waals surface area contributed by atoms with E-state index in [1.165, 1.54) is 11.1 Å². The number of carbonyl (C=O) groups excluding carboxylic acids is 1. The molecule has 0 saturated heterocycles. The zero-order chi connectivity index (χ0) is 15.2. The molecule has 2 rings (SSSR count). The van der Waals surface area contributed by atoms with Crippen molar-refractivity contribution in [1.29, 1.82) is 0 Å². The van der Waals surface area contributed by atoms with Crippen molar-refractivity contribution in [2.75, 3.05) is 5.32 Å². The Labute approximate surface area is 131 Å². The van der Waals surface area contributed by atoms with Gasteiger partial charge in [-0.2, -0.15) is 0 Å². The van der Waals surface area contributed by atoms with Crippen molar-refractivity contribution < 1.29 is 4.79 Å². The minimum absolute atomic E-state index is 0.0138. The Hall–Kier alpha value is -1.80. The van der Waals surface area contributed by atoms with E-state index >= 15 is 0 Å². The number of carbonyl (C=O) groups is 1. The zero-order valence-corrected chi connectivity index (χ0v) is 13.2. The molecular formula is C18H20ClNO. The summed E-state index contributed by atoms with van der Waals surface area (Å²) in [5, 5.41) is 3.59. The third-order valence-electron chi connectivity index (χ3n) is 3.61. The minimum Gasteiger partial charge on any atom is -0.326 e. The molecule has 1 N–H and O–H groups in total. The molecule has 0 aromatic heterocycles. The second-order valence-corrected chi connectivity index (χ2v) is 5.54. The Morgan fingerprint density at radius 3 is 2.43 bits per heavy atom. The SMILES string of the molecule is CCc1ccc(CCC(=O)Nc2cccc(Cl)c2C)cc1. The summed E-state index contributed by atoms with van der Waals surface area (Å²) in [7, 11) is 0.